The molecule has 0 atom stereocenters. The number of rotatable bonds is 21. The predicted molar refractivity (Wildman–Crippen MR) is 168 cm³/mol. The second-order valence-corrected chi connectivity index (χ2v) is 11.3. The van der Waals surface area contributed by atoms with Gasteiger partial charge in [0.1, 0.15) is 0 Å². The molecule has 0 N–H and O–H groups in total. The lowest BCUT2D eigenvalue weighted by molar-refractivity contribution is -0.288. The van der Waals surface area contributed by atoms with Gasteiger partial charge in [0.25, 0.3) is 6.48 Å². The quantitative estimate of drug-likeness (QED) is 0.0987. The Bertz CT molecular complexity index is 940. The molecule has 0 bridgehead atoms. The highest BCUT2D eigenvalue weighted by atomic mass is 16.8. The molecule has 0 spiro atoms. The van der Waals surface area contributed by atoms with E-state index in [9.17, 15) is 0 Å². The molecule has 0 aliphatic heterocycles. The van der Waals surface area contributed by atoms with Gasteiger partial charge in [0.2, 0.25) is 0 Å². The van der Waals surface area contributed by atoms with E-state index in [0.29, 0.717) is 19.8 Å². The number of aryl methyl sites for hydroxylation is 6. The maximum atomic E-state index is 6.05. The van der Waals surface area contributed by atoms with E-state index in [-0.39, 0.29) is 0 Å². The zero-order chi connectivity index (χ0) is 28.3. The summed E-state index contributed by atoms with van der Waals surface area (Å²) in [6, 6.07) is 26.5. The van der Waals surface area contributed by atoms with Gasteiger partial charge in [-0.2, -0.15) is 0 Å². The minimum atomic E-state index is -0.551. The molecule has 0 aromatic heterocycles. The molecule has 0 saturated heterocycles. The highest BCUT2D eigenvalue weighted by Gasteiger charge is 2.10. The highest BCUT2D eigenvalue weighted by Crippen LogP contribution is 2.13. The minimum Gasteiger partial charge on any atom is -0.330 e. The Hall–Kier alpha value is -2.46. The standard InChI is InChI=1S/C37H52O3/c1-31-16-13-22-34(28-31)19-7-4-10-25-38-37(39-26-11-5-8-20-35-23-14-17-32(2)29-35)40-27-12-6-9-21-36-24-15-18-33(3)30-36/h13-18,22-24,28-30,37H,4-12,19-21,25-27H2,1-3H3. The molecule has 0 heterocycles. The van der Waals surface area contributed by atoms with Gasteiger partial charge in [-0.3, -0.25) is 0 Å². The van der Waals surface area contributed by atoms with Crippen molar-refractivity contribution in [2.75, 3.05) is 19.8 Å². The molecule has 3 heteroatoms. The van der Waals surface area contributed by atoms with Gasteiger partial charge in [0, 0.05) is 0 Å². The smallest absolute Gasteiger partial charge is 0.271 e. The largest absolute Gasteiger partial charge is 0.330 e. The number of ether oxygens (including phenoxy) is 3. The zero-order valence-corrected chi connectivity index (χ0v) is 25.3. The van der Waals surface area contributed by atoms with Crippen LogP contribution in [0.1, 0.15) is 91.2 Å². The van der Waals surface area contributed by atoms with Crippen LogP contribution in [0.5, 0.6) is 0 Å². The van der Waals surface area contributed by atoms with E-state index in [2.05, 4.69) is 93.6 Å². The molecule has 3 nitrogen and oxygen atoms in total. The van der Waals surface area contributed by atoms with Crippen molar-refractivity contribution in [3.63, 3.8) is 0 Å². The second kappa shape index (κ2) is 19.6. The Kier molecular flexibility index (Phi) is 15.7. The third kappa shape index (κ3) is 14.3. The van der Waals surface area contributed by atoms with Gasteiger partial charge in [0.05, 0.1) is 19.8 Å². The Morgan fingerprint density at radius 2 is 0.750 bits per heavy atom. The molecular weight excluding hydrogens is 492 g/mol. The lowest BCUT2D eigenvalue weighted by atomic mass is 10.1. The van der Waals surface area contributed by atoms with E-state index < -0.39 is 6.48 Å². The first-order valence-electron chi connectivity index (χ1n) is 15.6. The van der Waals surface area contributed by atoms with Gasteiger partial charge >= 0.3 is 0 Å². The molecule has 3 aromatic rings. The van der Waals surface area contributed by atoms with Crippen LogP contribution in [0.25, 0.3) is 0 Å². The van der Waals surface area contributed by atoms with Crippen LogP contribution in [0.2, 0.25) is 0 Å². The van der Waals surface area contributed by atoms with Crippen LogP contribution >= 0.6 is 0 Å². The van der Waals surface area contributed by atoms with E-state index in [4.69, 9.17) is 14.2 Å². The van der Waals surface area contributed by atoms with Crippen molar-refractivity contribution < 1.29 is 14.2 Å². The van der Waals surface area contributed by atoms with Crippen molar-refractivity contribution in [2.24, 2.45) is 0 Å². The van der Waals surface area contributed by atoms with Gasteiger partial charge in [-0.25, -0.2) is 0 Å². The predicted octanol–water partition coefficient (Wildman–Crippen LogP) is 9.48. The summed E-state index contributed by atoms with van der Waals surface area (Å²) >= 11 is 0. The summed E-state index contributed by atoms with van der Waals surface area (Å²) in [5.41, 5.74) is 8.29. The molecular formula is C37H52O3. The summed E-state index contributed by atoms with van der Waals surface area (Å²) in [5.74, 6) is 0. The van der Waals surface area contributed by atoms with Crippen molar-refractivity contribution >= 4 is 0 Å². The third-order valence-corrected chi connectivity index (χ3v) is 7.34. The van der Waals surface area contributed by atoms with E-state index in [1.165, 1.54) is 52.6 Å². The average Bonchev–Trinajstić information content (AvgIpc) is 2.94. The summed E-state index contributed by atoms with van der Waals surface area (Å²) in [6.07, 6.45) is 13.5. The Labute approximate surface area is 244 Å². The molecule has 3 rings (SSSR count). The SMILES string of the molecule is Cc1cccc(CCCCCOC(OCCCCCc2cccc(C)c2)OCCCCCc2cccc(C)c2)c1. The lowest BCUT2D eigenvalue weighted by Gasteiger charge is -2.19. The third-order valence-electron chi connectivity index (χ3n) is 7.34. The molecule has 0 saturated carbocycles. The summed E-state index contributed by atoms with van der Waals surface area (Å²) in [4.78, 5) is 0. The number of hydrogen-bond donors (Lipinski definition) is 0. The summed E-state index contributed by atoms with van der Waals surface area (Å²) in [7, 11) is 0. The van der Waals surface area contributed by atoms with Crippen LogP contribution in [0.3, 0.4) is 0 Å². The first kappa shape index (κ1) is 32.1. The Balaban J connectivity index is 1.29. The van der Waals surface area contributed by atoms with Crippen molar-refractivity contribution in [3.8, 4) is 0 Å². The highest BCUT2D eigenvalue weighted by molar-refractivity contribution is 5.23. The molecule has 0 unspecified atom stereocenters. The van der Waals surface area contributed by atoms with Crippen LogP contribution < -0.4 is 0 Å². The fraction of sp³-hybridized carbons (Fsp3) is 0.514. The fourth-order valence-electron chi connectivity index (χ4n) is 5.11. The molecule has 0 amide bonds. The second-order valence-electron chi connectivity index (χ2n) is 11.3. The maximum absolute atomic E-state index is 6.05. The van der Waals surface area contributed by atoms with Gasteiger partial charge in [-0.05, 0) is 95.2 Å². The van der Waals surface area contributed by atoms with E-state index >= 15 is 0 Å². The zero-order valence-electron chi connectivity index (χ0n) is 25.3. The van der Waals surface area contributed by atoms with Crippen LogP contribution in [0, 0.1) is 20.8 Å². The molecule has 0 aliphatic carbocycles. The normalized spacial score (nSPS) is 11.4. The average molecular weight is 545 g/mol. The summed E-state index contributed by atoms with van der Waals surface area (Å²) in [6.45, 7) is 7.96. The van der Waals surface area contributed by atoms with Gasteiger partial charge in [-0.15, -0.1) is 0 Å². The van der Waals surface area contributed by atoms with E-state index in [0.717, 1.165) is 57.8 Å². The topological polar surface area (TPSA) is 27.7 Å². The summed E-state index contributed by atoms with van der Waals surface area (Å²) < 4.78 is 18.1. The molecule has 40 heavy (non-hydrogen) atoms. The monoisotopic (exact) mass is 544 g/mol. The number of unbranched alkanes of at least 4 members (excludes halogenated alkanes) is 6. The van der Waals surface area contributed by atoms with Gasteiger partial charge in [-0.1, -0.05) is 109 Å². The van der Waals surface area contributed by atoms with Crippen LogP contribution in [0.4, 0.5) is 0 Å². The molecule has 0 aliphatic rings. The molecule has 218 valence electrons. The lowest BCUT2D eigenvalue weighted by Crippen LogP contribution is -2.23. The van der Waals surface area contributed by atoms with Crippen molar-refractivity contribution in [2.45, 2.75) is 104 Å². The first-order chi connectivity index (χ1) is 19.6. The van der Waals surface area contributed by atoms with E-state index in [1.54, 1.807) is 0 Å². The molecule has 0 radical (unpaired) electrons. The Morgan fingerprint density at radius 1 is 0.425 bits per heavy atom. The van der Waals surface area contributed by atoms with Crippen molar-refractivity contribution in [1.29, 1.82) is 0 Å². The van der Waals surface area contributed by atoms with E-state index in [1.807, 2.05) is 0 Å². The maximum Gasteiger partial charge on any atom is 0.271 e. The summed E-state index contributed by atoms with van der Waals surface area (Å²) in [5, 5.41) is 0. The van der Waals surface area contributed by atoms with Crippen LogP contribution in [-0.4, -0.2) is 26.3 Å². The number of benzene rings is 3. The van der Waals surface area contributed by atoms with Crippen LogP contribution in [0.15, 0.2) is 72.8 Å². The first-order valence-corrected chi connectivity index (χ1v) is 15.6. The van der Waals surface area contributed by atoms with Crippen molar-refractivity contribution in [3.05, 3.63) is 106 Å². The number of hydrogen-bond acceptors (Lipinski definition) is 3. The van der Waals surface area contributed by atoms with Gasteiger partial charge < -0.3 is 14.2 Å². The minimum absolute atomic E-state index is 0.551. The van der Waals surface area contributed by atoms with Gasteiger partial charge in [0.15, 0.2) is 0 Å². The fourth-order valence-corrected chi connectivity index (χ4v) is 5.11. The molecule has 3 aromatic carbocycles. The van der Waals surface area contributed by atoms with Crippen LogP contribution in [-0.2, 0) is 33.5 Å². The Morgan fingerprint density at radius 3 is 1.05 bits per heavy atom. The molecule has 0 fully saturated rings. The van der Waals surface area contributed by atoms with Crippen molar-refractivity contribution in [1.82, 2.24) is 0 Å².